The average molecular weight is 433 g/mol. The minimum absolute atomic E-state index is 0.0733. The molecule has 1 heterocycles. The van der Waals surface area contributed by atoms with Crippen molar-refractivity contribution in [1.82, 2.24) is 20.1 Å². The van der Waals surface area contributed by atoms with Gasteiger partial charge in [0.25, 0.3) is 0 Å². The van der Waals surface area contributed by atoms with Crippen LogP contribution in [0.1, 0.15) is 32.6 Å². The van der Waals surface area contributed by atoms with Crippen molar-refractivity contribution in [1.29, 1.82) is 0 Å². The summed E-state index contributed by atoms with van der Waals surface area (Å²) >= 11 is 1.44. The molecule has 5 nitrogen and oxygen atoms in total. The Hall–Kier alpha value is -2.60. The van der Waals surface area contributed by atoms with Gasteiger partial charge in [-0.1, -0.05) is 66.7 Å². The minimum atomic E-state index is 0.0733. The maximum Gasteiger partial charge on any atom is 0.230 e. The summed E-state index contributed by atoms with van der Waals surface area (Å²) in [7, 11) is 0. The van der Waals surface area contributed by atoms with Gasteiger partial charge in [-0.25, -0.2) is 0 Å². The second kappa shape index (κ2) is 8.87. The molecule has 0 spiro atoms. The number of nitrogens with zero attached hydrogens (tertiary/aromatic N) is 3. The Balaban J connectivity index is 1.30. The van der Waals surface area contributed by atoms with Crippen LogP contribution in [0, 0.1) is 17.8 Å². The summed E-state index contributed by atoms with van der Waals surface area (Å²) < 4.78 is 2.03. The Labute approximate surface area is 187 Å². The number of benzene rings is 2. The largest absolute Gasteiger partial charge is 0.353 e. The molecular weight excluding hydrogens is 404 g/mol. The van der Waals surface area contributed by atoms with Gasteiger partial charge in [0.05, 0.1) is 5.75 Å². The molecule has 2 aromatic carbocycles. The highest BCUT2D eigenvalue weighted by atomic mass is 32.2. The Bertz CT molecular complexity index is 1040. The maximum atomic E-state index is 12.7. The molecule has 3 aromatic rings. The van der Waals surface area contributed by atoms with Gasteiger partial charge in [-0.15, -0.1) is 10.2 Å². The number of nitrogens with one attached hydrogen (secondary N) is 1. The van der Waals surface area contributed by atoms with Crippen molar-refractivity contribution in [2.24, 2.45) is 17.8 Å². The standard InChI is InChI=1S/C25H28N4OS/c1-17(22-15-18-12-13-20(22)14-18)26-23(30)16-31-25-28-27-24(19-8-4-2-5-9-19)29(25)21-10-6-3-7-11-21/h2-11,17-18,20,22H,12-16H2,1H3,(H,26,30). The van der Waals surface area contributed by atoms with E-state index in [1.54, 1.807) is 0 Å². The zero-order valence-corrected chi connectivity index (χ0v) is 18.6. The van der Waals surface area contributed by atoms with Gasteiger partial charge in [0, 0.05) is 17.3 Å². The Kier molecular flexibility index (Phi) is 5.81. The van der Waals surface area contributed by atoms with E-state index in [1.165, 1.54) is 37.4 Å². The lowest BCUT2D eigenvalue weighted by molar-refractivity contribution is -0.119. The first-order chi connectivity index (χ1) is 15.2. The SMILES string of the molecule is CC(NC(=O)CSc1nnc(-c2ccccc2)n1-c1ccccc1)C1CC2CCC1C2. The molecule has 1 amide bonds. The number of rotatable bonds is 7. The number of fused-ring (bicyclic) bond motifs is 2. The van der Waals surface area contributed by atoms with Crippen LogP contribution >= 0.6 is 11.8 Å². The Morgan fingerprint density at radius 2 is 1.81 bits per heavy atom. The number of amides is 1. The number of carbonyl (C=O) groups excluding carboxylic acids is 1. The van der Waals surface area contributed by atoms with Crippen LogP contribution in [0.5, 0.6) is 0 Å². The molecule has 2 saturated carbocycles. The molecule has 0 saturated heterocycles. The zero-order chi connectivity index (χ0) is 21.2. The predicted octanol–water partition coefficient (Wildman–Crippen LogP) is 4.97. The summed E-state index contributed by atoms with van der Waals surface area (Å²) in [6.45, 7) is 2.17. The van der Waals surface area contributed by atoms with Crippen molar-refractivity contribution in [3.63, 3.8) is 0 Å². The van der Waals surface area contributed by atoms with E-state index in [9.17, 15) is 4.79 Å². The highest BCUT2D eigenvalue weighted by molar-refractivity contribution is 7.99. The van der Waals surface area contributed by atoms with E-state index in [1.807, 2.05) is 65.2 Å². The molecule has 2 aliphatic rings. The van der Waals surface area contributed by atoms with Crippen molar-refractivity contribution in [3.05, 3.63) is 60.7 Å². The number of thioether (sulfide) groups is 1. The van der Waals surface area contributed by atoms with Crippen LogP contribution in [0.25, 0.3) is 17.1 Å². The Morgan fingerprint density at radius 3 is 2.48 bits per heavy atom. The number of hydrogen-bond acceptors (Lipinski definition) is 4. The first-order valence-corrected chi connectivity index (χ1v) is 12.2. The fourth-order valence-corrected chi connectivity index (χ4v) is 6.15. The lowest BCUT2D eigenvalue weighted by atomic mass is 9.84. The van der Waals surface area contributed by atoms with Gasteiger partial charge >= 0.3 is 0 Å². The zero-order valence-electron chi connectivity index (χ0n) is 17.8. The van der Waals surface area contributed by atoms with Crippen molar-refractivity contribution in [3.8, 4) is 17.1 Å². The monoisotopic (exact) mass is 432 g/mol. The van der Waals surface area contributed by atoms with E-state index >= 15 is 0 Å². The van der Waals surface area contributed by atoms with Crippen LogP contribution < -0.4 is 5.32 Å². The van der Waals surface area contributed by atoms with E-state index in [-0.39, 0.29) is 11.9 Å². The average Bonchev–Trinajstić information content (AvgIpc) is 3.54. The third-order valence-corrected chi connectivity index (χ3v) is 7.76. The summed E-state index contributed by atoms with van der Waals surface area (Å²) in [5, 5.41) is 12.9. The fraction of sp³-hybridized carbons (Fsp3) is 0.400. The second-order valence-electron chi connectivity index (χ2n) is 8.83. The van der Waals surface area contributed by atoms with E-state index < -0.39 is 0 Å². The molecule has 2 fully saturated rings. The highest BCUT2D eigenvalue weighted by Crippen LogP contribution is 2.49. The van der Waals surface area contributed by atoms with Crippen LogP contribution in [0.3, 0.4) is 0 Å². The predicted molar refractivity (Wildman–Crippen MR) is 124 cm³/mol. The van der Waals surface area contributed by atoms with Crippen molar-refractivity contribution in [2.75, 3.05) is 5.75 Å². The van der Waals surface area contributed by atoms with Gasteiger partial charge < -0.3 is 5.32 Å². The first kappa shape index (κ1) is 20.3. The van der Waals surface area contributed by atoms with Gasteiger partial charge in [-0.05, 0) is 56.1 Å². The molecule has 5 rings (SSSR count). The van der Waals surface area contributed by atoms with E-state index in [2.05, 4.69) is 22.4 Å². The molecule has 0 radical (unpaired) electrons. The molecule has 1 N–H and O–H groups in total. The third kappa shape index (κ3) is 4.26. The molecule has 6 heteroatoms. The van der Waals surface area contributed by atoms with Crippen molar-refractivity contribution in [2.45, 2.75) is 43.8 Å². The lowest BCUT2D eigenvalue weighted by Crippen LogP contribution is -2.40. The molecule has 160 valence electrons. The van der Waals surface area contributed by atoms with E-state index in [4.69, 9.17) is 0 Å². The smallest absolute Gasteiger partial charge is 0.230 e. The second-order valence-corrected chi connectivity index (χ2v) is 9.77. The van der Waals surface area contributed by atoms with Gasteiger partial charge in [0.15, 0.2) is 11.0 Å². The number of para-hydroxylation sites is 1. The minimum Gasteiger partial charge on any atom is -0.353 e. The summed E-state index contributed by atoms with van der Waals surface area (Å²) in [5.74, 6) is 3.54. The van der Waals surface area contributed by atoms with E-state index in [0.717, 1.165) is 34.1 Å². The molecule has 1 aromatic heterocycles. The summed E-state index contributed by atoms with van der Waals surface area (Å²) in [6, 6.07) is 20.4. The molecular formula is C25H28N4OS. The molecule has 0 aliphatic heterocycles. The summed E-state index contributed by atoms with van der Waals surface area (Å²) in [5.41, 5.74) is 1.99. The maximum absolute atomic E-state index is 12.7. The van der Waals surface area contributed by atoms with Crippen molar-refractivity contribution < 1.29 is 4.79 Å². The highest BCUT2D eigenvalue weighted by Gasteiger charge is 2.42. The van der Waals surface area contributed by atoms with E-state index in [0.29, 0.717) is 11.7 Å². The topological polar surface area (TPSA) is 59.8 Å². The molecule has 4 atom stereocenters. The summed E-state index contributed by atoms with van der Waals surface area (Å²) in [6.07, 6.45) is 5.37. The van der Waals surface area contributed by atoms with Crippen LogP contribution in [0.4, 0.5) is 0 Å². The molecule has 2 aliphatic carbocycles. The number of hydrogen-bond donors (Lipinski definition) is 1. The van der Waals surface area contributed by atoms with Crippen molar-refractivity contribution >= 4 is 17.7 Å². The quantitative estimate of drug-likeness (QED) is 0.536. The Morgan fingerprint density at radius 1 is 1.06 bits per heavy atom. The normalized spacial score (nSPS) is 23.1. The van der Waals surface area contributed by atoms with Gasteiger partial charge in [-0.2, -0.15) is 0 Å². The molecule has 4 unspecified atom stereocenters. The van der Waals surface area contributed by atoms with Gasteiger partial charge in [0.2, 0.25) is 5.91 Å². The van der Waals surface area contributed by atoms with Crippen LogP contribution in [-0.4, -0.2) is 32.5 Å². The number of aromatic nitrogens is 3. The van der Waals surface area contributed by atoms with Gasteiger partial charge in [-0.3, -0.25) is 9.36 Å². The van der Waals surface area contributed by atoms with Crippen LogP contribution in [-0.2, 0) is 4.79 Å². The molecule has 2 bridgehead atoms. The van der Waals surface area contributed by atoms with Crippen LogP contribution in [0.15, 0.2) is 65.8 Å². The summed E-state index contributed by atoms with van der Waals surface area (Å²) in [4.78, 5) is 12.7. The lowest BCUT2D eigenvalue weighted by Gasteiger charge is -2.28. The third-order valence-electron chi connectivity index (χ3n) is 6.84. The molecule has 31 heavy (non-hydrogen) atoms. The number of carbonyl (C=O) groups is 1. The van der Waals surface area contributed by atoms with Gasteiger partial charge in [0.1, 0.15) is 0 Å². The first-order valence-electron chi connectivity index (χ1n) is 11.2. The fourth-order valence-electron chi connectivity index (χ4n) is 5.39. The van der Waals surface area contributed by atoms with Crippen LogP contribution in [0.2, 0.25) is 0 Å².